The average molecular weight is 223 g/mol. The molecular formula is C12H17NO3. The molecule has 1 aromatic heterocycles. The Morgan fingerprint density at radius 3 is 2.81 bits per heavy atom. The number of pyridine rings is 1. The fraction of sp³-hybridized carbons (Fsp3) is 0.500. The number of nitrogens with zero attached hydrogens (tertiary/aromatic N) is 1. The molecule has 88 valence electrons. The normalized spacial score (nSPS) is 12.2. The van der Waals surface area contributed by atoms with Crippen LogP contribution in [0.1, 0.15) is 42.9 Å². The first-order chi connectivity index (χ1) is 7.70. The van der Waals surface area contributed by atoms with E-state index < -0.39 is 0 Å². The summed E-state index contributed by atoms with van der Waals surface area (Å²) in [7, 11) is 0. The smallest absolute Gasteiger partial charge is 0.340 e. The molecule has 0 bridgehead atoms. The van der Waals surface area contributed by atoms with E-state index in [1.54, 1.807) is 25.3 Å². The van der Waals surface area contributed by atoms with E-state index in [1.165, 1.54) is 0 Å². The summed E-state index contributed by atoms with van der Waals surface area (Å²) in [5.41, 5.74) is 1.10. The van der Waals surface area contributed by atoms with Crippen molar-refractivity contribution in [1.29, 1.82) is 0 Å². The van der Waals surface area contributed by atoms with E-state index in [2.05, 4.69) is 4.98 Å². The maximum absolute atomic E-state index is 11.7. The van der Waals surface area contributed by atoms with Gasteiger partial charge in [0.25, 0.3) is 0 Å². The molecular weight excluding hydrogens is 206 g/mol. The first-order valence-corrected chi connectivity index (χ1v) is 5.44. The van der Waals surface area contributed by atoms with Gasteiger partial charge in [0.1, 0.15) is 0 Å². The molecule has 1 heterocycles. The number of aromatic nitrogens is 1. The van der Waals surface area contributed by atoms with E-state index in [1.807, 2.05) is 13.8 Å². The van der Waals surface area contributed by atoms with Crippen molar-refractivity contribution in [3.8, 4) is 0 Å². The fourth-order valence-corrected chi connectivity index (χ4v) is 1.45. The van der Waals surface area contributed by atoms with Crippen molar-refractivity contribution in [2.24, 2.45) is 0 Å². The van der Waals surface area contributed by atoms with Crippen LogP contribution in [0.5, 0.6) is 0 Å². The lowest BCUT2D eigenvalue weighted by atomic mass is 10.1. The molecule has 0 aromatic carbocycles. The average Bonchev–Trinajstić information content (AvgIpc) is 2.30. The summed E-state index contributed by atoms with van der Waals surface area (Å²) in [6.45, 7) is 6.49. The van der Waals surface area contributed by atoms with Gasteiger partial charge in [-0.2, -0.15) is 0 Å². The van der Waals surface area contributed by atoms with Crippen molar-refractivity contribution < 1.29 is 14.3 Å². The highest BCUT2D eigenvalue weighted by atomic mass is 16.5. The van der Waals surface area contributed by atoms with Gasteiger partial charge >= 0.3 is 5.97 Å². The molecule has 4 nitrogen and oxygen atoms in total. The van der Waals surface area contributed by atoms with Crippen molar-refractivity contribution in [2.75, 3.05) is 13.2 Å². The lowest BCUT2D eigenvalue weighted by molar-refractivity contribution is 0.0494. The predicted octanol–water partition coefficient (Wildman–Crippen LogP) is 2.36. The van der Waals surface area contributed by atoms with Crippen LogP contribution < -0.4 is 0 Å². The lowest BCUT2D eigenvalue weighted by Gasteiger charge is -2.14. The van der Waals surface area contributed by atoms with Crippen LogP contribution in [0, 0.1) is 0 Å². The number of ether oxygens (including phenoxy) is 2. The van der Waals surface area contributed by atoms with Gasteiger partial charge < -0.3 is 9.47 Å². The van der Waals surface area contributed by atoms with Gasteiger partial charge in [-0.1, -0.05) is 0 Å². The molecule has 0 spiro atoms. The zero-order valence-corrected chi connectivity index (χ0v) is 9.90. The van der Waals surface area contributed by atoms with Gasteiger partial charge in [-0.05, 0) is 32.9 Å². The Bertz CT molecular complexity index is 352. The zero-order chi connectivity index (χ0) is 12.0. The molecule has 1 aromatic rings. The van der Waals surface area contributed by atoms with E-state index in [9.17, 15) is 4.79 Å². The first-order valence-electron chi connectivity index (χ1n) is 5.44. The van der Waals surface area contributed by atoms with Crippen molar-refractivity contribution in [3.05, 3.63) is 29.6 Å². The largest absolute Gasteiger partial charge is 0.462 e. The fourth-order valence-electron chi connectivity index (χ4n) is 1.45. The van der Waals surface area contributed by atoms with Crippen molar-refractivity contribution >= 4 is 5.97 Å². The molecule has 0 fully saturated rings. The summed E-state index contributed by atoms with van der Waals surface area (Å²) in [6, 6.07) is 3.42. The molecule has 0 saturated carbocycles. The Balaban J connectivity index is 2.95. The Kier molecular flexibility index (Phi) is 4.92. The Morgan fingerprint density at radius 1 is 1.44 bits per heavy atom. The summed E-state index contributed by atoms with van der Waals surface area (Å²) in [5, 5.41) is 0. The monoisotopic (exact) mass is 223 g/mol. The molecule has 0 saturated heterocycles. The lowest BCUT2D eigenvalue weighted by Crippen LogP contribution is -2.12. The maximum Gasteiger partial charge on any atom is 0.340 e. The number of rotatable bonds is 5. The van der Waals surface area contributed by atoms with E-state index in [0.29, 0.717) is 24.5 Å². The first kappa shape index (κ1) is 12.6. The summed E-state index contributed by atoms with van der Waals surface area (Å²) < 4.78 is 10.4. The van der Waals surface area contributed by atoms with E-state index >= 15 is 0 Å². The van der Waals surface area contributed by atoms with Crippen LogP contribution in [-0.2, 0) is 9.47 Å². The molecule has 0 radical (unpaired) electrons. The molecule has 1 unspecified atom stereocenters. The van der Waals surface area contributed by atoms with Crippen LogP contribution in [0.3, 0.4) is 0 Å². The van der Waals surface area contributed by atoms with E-state index in [4.69, 9.17) is 9.47 Å². The molecule has 0 aliphatic rings. The minimum Gasteiger partial charge on any atom is -0.462 e. The van der Waals surface area contributed by atoms with Crippen LogP contribution >= 0.6 is 0 Å². The standard InChI is InChI=1S/C12H17NO3/c1-4-15-9(3)11-10(7-6-8-13-11)12(14)16-5-2/h6-9H,4-5H2,1-3H3. The second kappa shape index (κ2) is 6.23. The number of carbonyl (C=O) groups excluding carboxylic acids is 1. The Morgan fingerprint density at radius 2 is 2.19 bits per heavy atom. The number of hydrogen-bond acceptors (Lipinski definition) is 4. The highest BCUT2D eigenvalue weighted by molar-refractivity contribution is 5.90. The highest BCUT2D eigenvalue weighted by Crippen LogP contribution is 2.19. The third kappa shape index (κ3) is 3.03. The van der Waals surface area contributed by atoms with Crippen LogP contribution in [0.4, 0.5) is 0 Å². The molecule has 4 heteroatoms. The maximum atomic E-state index is 11.7. The third-order valence-electron chi connectivity index (χ3n) is 2.14. The van der Waals surface area contributed by atoms with E-state index in [-0.39, 0.29) is 12.1 Å². The summed E-state index contributed by atoms with van der Waals surface area (Å²) in [6.07, 6.45) is 1.44. The predicted molar refractivity (Wildman–Crippen MR) is 60.2 cm³/mol. The summed E-state index contributed by atoms with van der Waals surface area (Å²) in [5.74, 6) is -0.350. The number of hydrogen-bond donors (Lipinski definition) is 0. The summed E-state index contributed by atoms with van der Waals surface area (Å²) >= 11 is 0. The quantitative estimate of drug-likeness (QED) is 0.719. The van der Waals surface area contributed by atoms with Crippen molar-refractivity contribution in [1.82, 2.24) is 4.98 Å². The molecule has 0 N–H and O–H groups in total. The number of esters is 1. The van der Waals surface area contributed by atoms with Gasteiger partial charge in [0, 0.05) is 12.8 Å². The minimum atomic E-state index is -0.350. The van der Waals surface area contributed by atoms with Crippen LogP contribution in [-0.4, -0.2) is 24.2 Å². The van der Waals surface area contributed by atoms with Gasteiger partial charge in [-0.25, -0.2) is 4.79 Å². The zero-order valence-electron chi connectivity index (χ0n) is 9.90. The van der Waals surface area contributed by atoms with Crippen LogP contribution in [0.2, 0.25) is 0 Å². The van der Waals surface area contributed by atoms with Gasteiger partial charge in [0.2, 0.25) is 0 Å². The van der Waals surface area contributed by atoms with Crippen LogP contribution in [0.15, 0.2) is 18.3 Å². The Labute approximate surface area is 95.6 Å². The van der Waals surface area contributed by atoms with Gasteiger partial charge in [0.05, 0.1) is 24.0 Å². The molecule has 0 aliphatic heterocycles. The highest BCUT2D eigenvalue weighted by Gasteiger charge is 2.17. The molecule has 0 amide bonds. The minimum absolute atomic E-state index is 0.203. The van der Waals surface area contributed by atoms with Gasteiger partial charge in [0.15, 0.2) is 0 Å². The van der Waals surface area contributed by atoms with Gasteiger partial charge in [-0.3, -0.25) is 4.98 Å². The Hall–Kier alpha value is -1.42. The topological polar surface area (TPSA) is 48.4 Å². The number of carbonyl (C=O) groups is 1. The van der Waals surface area contributed by atoms with Gasteiger partial charge in [-0.15, -0.1) is 0 Å². The van der Waals surface area contributed by atoms with Crippen molar-refractivity contribution in [3.63, 3.8) is 0 Å². The van der Waals surface area contributed by atoms with Crippen molar-refractivity contribution in [2.45, 2.75) is 26.9 Å². The molecule has 1 rings (SSSR count). The van der Waals surface area contributed by atoms with Crippen LogP contribution in [0.25, 0.3) is 0 Å². The second-order valence-corrected chi connectivity index (χ2v) is 3.25. The SMILES string of the molecule is CCOC(=O)c1cccnc1C(C)OCC. The second-order valence-electron chi connectivity index (χ2n) is 3.25. The summed E-state index contributed by atoms with van der Waals surface area (Å²) in [4.78, 5) is 15.8. The third-order valence-corrected chi connectivity index (χ3v) is 2.14. The molecule has 16 heavy (non-hydrogen) atoms. The molecule has 0 aliphatic carbocycles. The molecule has 1 atom stereocenters. The van der Waals surface area contributed by atoms with E-state index in [0.717, 1.165) is 0 Å².